The van der Waals surface area contributed by atoms with Gasteiger partial charge in [0, 0.05) is 12.2 Å². The number of hydrogen-bond acceptors (Lipinski definition) is 5. The minimum Gasteiger partial charge on any atom is -0.384 e. The fourth-order valence-electron chi connectivity index (χ4n) is 3.78. The summed E-state index contributed by atoms with van der Waals surface area (Å²) in [6, 6.07) is 3.83. The molecule has 7 nitrogen and oxygen atoms in total. The van der Waals surface area contributed by atoms with Gasteiger partial charge in [-0.05, 0) is 51.7 Å². The van der Waals surface area contributed by atoms with Gasteiger partial charge in [-0.2, -0.15) is 0 Å². The maximum Gasteiger partial charge on any atom is 0.278 e. The third-order valence-electron chi connectivity index (χ3n) is 5.25. The summed E-state index contributed by atoms with van der Waals surface area (Å²) in [6.07, 6.45) is 3.68. The van der Waals surface area contributed by atoms with Gasteiger partial charge in [0.25, 0.3) is 5.56 Å². The molecule has 0 amide bonds. The van der Waals surface area contributed by atoms with Crippen LogP contribution in [-0.4, -0.2) is 29.4 Å². The quantitative estimate of drug-likeness (QED) is 0.781. The molecule has 1 atom stereocenters. The van der Waals surface area contributed by atoms with Gasteiger partial charge in [-0.25, -0.2) is 24.3 Å². The number of nitrogens with zero attached hydrogens (tertiary/aromatic N) is 5. The van der Waals surface area contributed by atoms with Crippen molar-refractivity contribution in [3.8, 4) is 5.82 Å². The Morgan fingerprint density at radius 2 is 2.08 bits per heavy atom. The smallest absolute Gasteiger partial charge is 0.278 e. The average Bonchev–Trinajstić information content (AvgIpc) is 3.10. The molecule has 0 aliphatic heterocycles. The number of aryl methyl sites for hydroxylation is 2. The van der Waals surface area contributed by atoms with E-state index in [2.05, 4.69) is 9.97 Å². The number of aliphatic hydroxyl groups is 1. The van der Waals surface area contributed by atoms with Crippen molar-refractivity contribution < 1.29 is 5.11 Å². The Hall–Kier alpha value is -2.54. The number of pyridine rings is 1. The van der Waals surface area contributed by atoms with Crippen molar-refractivity contribution in [3.05, 3.63) is 45.8 Å². The number of rotatable bonds is 3. The van der Waals surface area contributed by atoms with Gasteiger partial charge in [-0.3, -0.25) is 4.79 Å². The zero-order chi connectivity index (χ0) is 18.6. The molecular weight excluding hydrogens is 330 g/mol. The van der Waals surface area contributed by atoms with Crippen LogP contribution in [0.5, 0.6) is 0 Å². The van der Waals surface area contributed by atoms with E-state index in [1.54, 1.807) is 22.5 Å². The Bertz CT molecular complexity index is 1070. The summed E-state index contributed by atoms with van der Waals surface area (Å²) in [6.45, 7) is 7.67. The van der Waals surface area contributed by atoms with E-state index < -0.39 is 5.60 Å². The second-order valence-electron chi connectivity index (χ2n) is 7.27. The summed E-state index contributed by atoms with van der Waals surface area (Å²) >= 11 is 0. The van der Waals surface area contributed by atoms with Crippen LogP contribution in [0.2, 0.25) is 0 Å². The van der Waals surface area contributed by atoms with Gasteiger partial charge >= 0.3 is 0 Å². The number of fused-ring (bicyclic) bond motifs is 2. The molecule has 0 radical (unpaired) electrons. The highest BCUT2D eigenvalue weighted by molar-refractivity contribution is 5.75. The maximum absolute atomic E-state index is 12.9. The molecule has 26 heavy (non-hydrogen) atoms. The summed E-state index contributed by atoms with van der Waals surface area (Å²) < 4.78 is 3.40. The molecular formula is C19H23N5O2. The number of aromatic nitrogens is 5. The normalized spacial score (nSPS) is 19.5. The minimum atomic E-state index is -0.901. The van der Waals surface area contributed by atoms with Crippen LogP contribution < -0.4 is 5.56 Å². The molecule has 1 aliphatic carbocycles. The van der Waals surface area contributed by atoms with Crippen LogP contribution >= 0.6 is 0 Å². The van der Waals surface area contributed by atoms with E-state index in [4.69, 9.17) is 4.98 Å². The summed E-state index contributed by atoms with van der Waals surface area (Å²) in [4.78, 5) is 26.3. The molecule has 0 fully saturated rings. The molecule has 0 saturated heterocycles. The van der Waals surface area contributed by atoms with E-state index in [-0.39, 0.29) is 11.6 Å². The van der Waals surface area contributed by atoms with Gasteiger partial charge in [0.1, 0.15) is 16.8 Å². The highest BCUT2D eigenvalue weighted by Gasteiger charge is 2.37. The van der Waals surface area contributed by atoms with E-state index in [9.17, 15) is 9.90 Å². The molecule has 0 saturated carbocycles. The van der Waals surface area contributed by atoms with E-state index in [0.29, 0.717) is 41.2 Å². The summed E-state index contributed by atoms with van der Waals surface area (Å²) in [5.74, 6) is 1.19. The standard InChI is InChI=1S/C19H23N5O2/c1-5-19(26)9-8-13-6-7-15(22-16(13)19)24-17-14(10-20-12(4)21-17)18(25)23(24)11(2)3/h6-7,10-11,26H,5,8-9H2,1-4H3/t19-/m1/s1. The van der Waals surface area contributed by atoms with Gasteiger partial charge in [-0.15, -0.1) is 0 Å². The predicted octanol–water partition coefficient (Wildman–Crippen LogP) is 2.41. The van der Waals surface area contributed by atoms with Crippen molar-refractivity contribution in [2.45, 2.75) is 58.6 Å². The van der Waals surface area contributed by atoms with Crippen LogP contribution in [0.3, 0.4) is 0 Å². The second-order valence-corrected chi connectivity index (χ2v) is 7.27. The maximum atomic E-state index is 12.9. The van der Waals surface area contributed by atoms with Crippen molar-refractivity contribution >= 4 is 11.0 Å². The third kappa shape index (κ3) is 2.30. The first-order chi connectivity index (χ1) is 12.4. The van der Waals surface area contributed by atoms with Crippen LogP contribution in [0.4, 0.5) is 0 Å². The lowest BCUT2D eigenvalue weighted by Crippen LogP contribution is -2.26. The predicted molar refractivity (Wildman–Crippen MR) is 98.6 cm³/mol. The Balaban J connectivity index is 2.04. The molecule has 7 heteroatoms. The largest absolute Gasteiger partial charge is 0.384 e. The van der Waals surface area contributed by atoms with Crippen LogP contribution in [0, 0.1) is 6.92 Å². The lowest BCUT2D eigenvalue weighted by Gasteiger charge is -2.22. The monoisotopic (exact) mass is 353 g/mol. The lowest BCUT2D eigenvalue weighted by atomic mass is 9.98. The molecule has 0 spiro atoms. The minimum absolute atomic E-state index is 0.0721. The van der Waals surface area contributed by atoms with E-state index in [1.807, 2.05) is 32.9 Å². The second kappa shape index (κ2) is 5.74. The molecule has 3 aromatic rings. The Labute approximate surface area is 151 Å². The zero-order valence-electron chi connectivity index (χ0n) is 15.5. The van der Waals surface area contributed by atoms with Crippen LogP contribution in [-0.2, 0) is 12.0 Å². The highest BCUT2D eigenvalue weighted by Crippen LogP contribution is 2.38. The first-order valence-electron chi connectivity index (χ1n) is 9.05. The van der Waals surface area contributed by atoms with Crippen molar-refractivity contribution in [1.29, 1.82) is 0 Å². The van der Waals surface area contributed by atoms with Gasteiger partial charge in [0.05, 0.1) is 5.69 Å². The Morgan fingerprint density at radius 3 is 2.77 bits per heavy atom. The average molecular weight is 353 g/mol. The Kier molecular flexibility index (Phi) is 3.73. The van der Waals surface area contributed by atoms with Crippen LogP contribution in [0.25, 0.3) is 16.9 Å². The van der Waals surface area contributed by atoms with Gasteiger partial charge < -0.3 is 5.11 Å². The van der Waals surface area contributed by atoms with E-state index in [1.165, 1.54) is 0 Å². The van der Waals surface area contributed by atoms with Gasteiger partial charge in [0.2, 0.25) is 0 Å². The molecule has 136 valence electrons. The first kappa shape index (κ1) is 16.9. The highest BCUT2D eigenvalue weighted by atomic mass is 16.3. The summed E-state index contributed by atoms with van der Waals surface area (Å²) in [5, 5.41) is 11.4. The molecule has 1 aliphatic rings. The van der Waals surface area contributed by atoms with Crippen molar-refractivity contribution in [3.63, 3.8) is 0 Å². The zero-order valence-corrected chi connectivity index (χ0v) is 15.5. The Morgan fingerprint density at radius 1 is 1.31 bits per heavy atom. The molecule has 0 bridgehead atoms. The summed E-state index contributed by atoms with van der Waals surface area (Å²) in [7, 11) is 0. The van der Waals surface area contributed by atoms with E-state index in [0.717, 1.165) is 12.0 Å². The van der Waals surface area contributed by atoms with Gasteiger partial charge in [0.15, 0.2) is 11.5 Å². The lowest BCUT2D eigenvalue weighted by molar-refractivity contribution is 0.0305. The van der Waals surface area contributed by atoms with Crippen molar-refractivity contribution in [2.24, 2.45) is 0 Å². The van der Waals surface area contributed by atoms with Crippen molar-refractivity contribution in [1.82, 2.24) is 24.3 Å². The molecule has 0 aromatic carbocycles. The third-order valence-corrected chi connectivity index (χ3v) is 5.25. The van der Waals surface area contributed by atoms with Crippen molar-refractivity contribution in [2.75, 3.05) is 0 Å². The fourth-order valence-corrected chi connectivity index (χ4v) is 3.78. The molecule has 0 unspecified atom stereocenters. The molecule has 4 rings (SSSR count). The van der Waals surface area contributed by atoms with Gasteiger partial charge in [-0.1, -0.05) is 13.0 Å². The molecule has 1 N–H and O–H groups in total. The SMILES string of the molecule is CC[C@@]1(O)CCc2ccc(-n3c4nc(C)ncc4c(=O)n3C(C)C)nc21. The topological polar surface area (TPSA) is 85.8 Å². The number of hydrogen-bond donors (Lipinski definition) is 1. The van der Waals surface area contributed by atoms with Crippen LogP contribution in [0.15, 0.2) is 23.1 Å². The molecule has 3 heterocycles. The first-order valence-corrected chi connectivity index (χ1v) is 9.05. The fraction of sp³-hybridized carbons (Fsp3) is 0.474. The molecule has 3 aromatic heterocycles. The summed E-state index contributed by atoms with van der Waals surface area (Å²) in [5.41, 5.74) is 1.29. The van der Waals surface area contributed by atoms with E-state index >= 15 is 0 Å². The van der Waals surface area contributed by atoms with Crippen LogP contribution in [0.1, 0.15) is 56.7 Å².